The van der Waals surface area contributed by atoms with Gasteiger partial charge in [-0.05, 0) is 65.7 Å². The van der Waals surface area contributed by atoms with Gasteiger partial charge in [0.05, 0.1) is 27.2 Å². The first-order valence-corrected chi connectivity index (χ1v) is 11.8. The molecular formula is C25H20BrCl2N3O2. The van der Waals surface area contributed by atoms with E-state index in [2.05, 4.69) is 26.0 Å². The van der Waals surface area contributed by atoms with Crippen molar-refractivity contribution >= 4 is 56.2 Å². The predicted molar refractivity (Wildman–Crippen MR) is 138 cm³/mol. The highest BCUT2D eigenvalue weighted by Crippen LogP contribution is 2.24. The van der Waals surface area contributed by atoms with Crippen molar-refractivity contribution in [3.05, 3.63) is 102 Å². The Labute approximate surface area is 209 Å². The lowest BCUT2D eigenvalue weighted by molar-refractivity contribution is 0.306. The maximum absolute atomic E-state index is 13.1. The molecule has 0 amide bonds. The van der Waals surface area contributed by atoms with Crippen LogP contribution in [0.3, 0.4) is 0 Å². The van der Waals surface area contributed by atoms with E-state index in [4.69, 9.17) is 27.9 Å². The molecule has 5 nitrogen and oxygen atoms in total. The highest BCUT2D eigenvalue weighted by Gasteiger charge is 2.13. The first-order chi connectivity index (χ1) is 15.8. The van der Waals surface area contributed by atoms with Crippen LogP contribution in [0.25, 0.3) is 10.9 Å². The molecule has 0 aliphatic heterocycles. The van der Waals surface area contributed by atoms with Gasteiger partial charge in [0.15, 0.2) is 0 Å². The second-order valence-corrected chi connectivity index (χ2v) is 9.48. The number of fused-ring (bicyclic) bond motifs is 1. The average Bonchev–Trinajstić information content (AvgIpc) is 2.80. The highest BCUT2D eigenvalue weighted by atomic mass is 79.9. The lowest BCUT2D eigenvalue weighted by Crippen LogP contribution is -2.23. The van der Waals surface area contributed by atoms with Crippen molar-refractivity contribution in [2.75, 3.05) is 0 Å². The van der Waals surface area contributed by atoms with Crippen LogP contribution in [-0.4, -0.2) is 15.9 Å². The Hall–Kier alpha value is -2.67. The number of benzene rings is 3. The van der Waals surface area contributed by atoms with E-state index >= 15 is 0 Å². The third-order valence-electron chi connectivity index (χ3n) is 4.94. The molecule has 0 atom stereocenters. The van der Waals surface area contributed by atoms with E-state index in [1.54, 1.807) is 24.4 Å². The fourth-order valence-electron chi connectivity index (χ4n) is 3.22. The molecule has 0 bridgehead atoms. The third kappa shape index (κ3) is 5.46. The van der Waals surface area contributed by atoms with Gasteiger partial charge in [-0.3, -0.25) is 4.79 Å². The molecule has 0 aliphatic carbocycles. The van der Waals surface area contributed by atoms with Gasteiger partial charge in [-0.2, -0.15) is 9.78 Å². The number of halogens is 3. The number of hydrogen-bond acceptors (Lipinski definition) is 4. The van der Waals surface area contributed by atoms with Crippen LogP contribution in [0.5, 0.6) is 5.75 Å². The fourth-order valence-corrected chi connectivity index (χ4v) is 3.90. The monoisotopic (exact) mass is 543 g/mol. The number of hydrogen-bond donors (Lipinski definition) is 0. The van der Waals surface area contributed by atoms with Crippen LogP contribution in [0.1, 0.15) is 36.7 Å². The Bertz CT molecular complexity index is 1400. The van der Waals surface area contributed by atoms with Crippen LogP contribution in [0.4, 0.5) is 0 Å². The highest BCUT2D eigenvalue weighted by molar-refractivity contribution is 9.10. The van der Waals surface area contributed by atoms with Gasteiger partial charge >= 0.3 is 0 Å². The second-order valence-electron chi connectivity index (χ2n) is 7.75. The zero-order chi connectivity index (χ0) is 23.5. The Morgan fingerprint density at radius 2 is 1.82 bits per heavy atom. The lowest BCUT2D eigenvalue weighted by atomic mass is 10.2. The molecule has 0 saturated heterocycles. The van der Waals surface area contributed by atoms with Crippen molar-refractivity contribution in [2.24, 2.45) is 5.10 Å². The fraction of sp³-hybridized carbons (Fsp3) is 0.160. The van der Waals surface area contributed by atoms with Gasteiger partial charge in [0.25, 0.3) is 5.56 Å². The van der Waals surface area contributed by atoms with E-state index in [1.807, 2.05) is 56.3 Å². The van der Waals surface area contributed by atoms with Gasteiger partial charge in [0.2, 0.25) is 0 Å². The molecule has 4 rings (SSSR count). The summed E-state index contributed by atoms with van der Waals surface area (Å²) in [6.45, 7) is 4.34. The Balaban J connectivity index is 1.55. The summed E-state index contributed by atoms with van der Waals surface area (Å²) < 4.78 is 8.00. The van der Waals surface area contributed by atoms with E-state index in [-0.39, 0.29) is 11.5 Å². The molecule has 168 valence electrons. The topological polar surface area (TPSA) is 56.5 Å². The van der Waals surface area contributed by atoms with E-state index in [0.717, 1.165) is 15.6 Å². The molecule has 0 fully saturated rings. The summed E-state index contributed by atoms with van der Waals surface area (Å²) in [5, 5.41) is 5.97. The largest absolute Gasteiger partial charge is 0.489 e. The minimum Gasteiger partial charge on any atom is -0.489 e. The van der Waals surface area contributed by atoms with Crippen molar-refractivity contribution in [3.63, 3.8) is 0 Å². The molecule has 33 heavy (non-hydrogen) atoms. The van der Waals surface area contributed by atoms with Crippen molar-refractivity contribution in [2.45, 2.75) is 26.4 Å². The molecule has 0 unspecified atom stereocenters. The lowest BCUT2D eigenvalue weighted by Gasteiger charge is -2.12. The van der Waals surface area contributed by atoms with E-state index < -0.39 is 0 Å². The summed E-state index contributed by atoms with van der Waals surface area (Å²) in [5.74, 6) is 1.34. The summed E-state index contributed by atoms with van der Waals surface area (Å²) in [4.78, 5) is 17.8. The van der Waals surface area contributed by atoms with Gasteiger partial charge in [-0.15, -0.1) is 0 Å². The number of nitrogens with zero attached hydrogens (tertiary/aromatic N) is 3. The molecule has 8 heteroatoms. The van der Waals surface area contributed by atoms with Gasteiger partial charge in [0, 0.05) is 10.4 Å². The van der Waals surface area contributed by atoms with Crippen molar-refractivity contribution in [3.8, 4) is 5.75 Å². The standard InChI is InChI=1S/C25H20BrCl2N3O2/c1-15(2)24-30-23-10-6-18(26)12-20(23)25(32)31(24)29-13-16-3-7-19(8-4-16)33-14-17-5-9-21(27)22(28)11-17/h3-13,15H,14H2,1-2H3. The first kappa shape index (κ1) is 23.5. The average molecular weight is 545 g/mol. The molecule has 0 N–H and O–H groups in total. The van der Waals surface area contributed by atoms with Gasteiger partial charge in [-0.25, -0.2) is 4.98 Å². The van der Waals surface area contributed by atoms with Crippen LogP contribution in [0.15, 0.2) is 75.0 Å². The van der Waals surface area contributed by atoms with Crippen LogP contribution < -0.4 is 10.3 Å². The van der Waals surface area contributed by atoms with Gasteiger partial charge < -0.3 is 4.74 Å². The van der Waals surface area contributed by atoms with Crippen LogP contribution in [0.2, 0.25) is 10.0 Å². The summed E-state index contributed by atoms with van der Waals surface area (Å²) in [5.41, 5.74) is 2.20. The van der Waals surface area contributed by atoms with E-state index in [0.29, 0.717) is 39.1 Å². The summed E-state index contributed by atoms with van der Waals surface area (Å²) >= 11 is 15.4. The van der Waals surface area contributed by atoms with Gasteiger partial charge in [0.1, 0.15) is 18.2 Å². The van der Waals surface area contributed by atoms with Crippen molar-refractivity contribution in [1.29, 1.82) is 0 Å². The molecule has 3 aromatic carbocycles. The quantitative estimate of drug-likeness (QED) is 0.244. The van der Waals surface area contributed by atoms with E-state index in [9.17, 15) is 4.79 Å². The zero-order valence-corrected chi connectivity index (χ0v) is 21.0. The van der Waals surface area contributed by atoms with Gasteiger partial charge in [-0.1, -0.05) is 59.0 Å². The van der Waals surface area contributed by atoms with Crippen molar-refractivity contribution in [1.82, 2.24) is 9.66 Å². The SMILES string of the molecule is CC(C)c1nc2ccc(Br)cc2c(=O)n1N=Cc1ccc(OCc2ccc(Cl)c(Cl)c2)cc1. The van der Waals surface area contributed by atoms with E-state index in [1.165, 1.54) is 4.68 Å². The molecule has 1 aromatic heterocycles. The normalized spacial score (nSPS) is 11.6. The zero-order valence-electron chi connectivity index (χ0n) is 17.9. The summed E-state index contributed by atoms with van der Waals surface area (Å²) in [6.07, 6.45) is 1.64. The Morgan fingerprint density at radius 3 is 2.52 bits per heavy atom. The maximum Gasteiger partial charge on any atom is 0.282 e. The molecule has 0 spiro atoms. The molecule has 0 radical (unpaired) electrons. The molecule has 0 saturated carbocycles. The van der Waals surface area contributed by atoms with Crippen LogP contribution in [-0.2, 0) is 6.61 Å². The number of rotatable bonds is 6. The first-order valence-electron chi connectivity index (χ1n) is 10.2. The Kier molecular flexibility index (Phi) is 7.17. The molecule has 4 aromatic rings. The van der Waals surface area contributed by atoms with Crippen LogP contribution >= 0.6 is 39.1 Å². The number of aromatic nitrogens is 2. The molecule has 1 heterocycles. The third-order valence-corrected chi connectivity index (χ3v) is 6.17. The summed E-state index contributed by atoms with van der Waals surface area (Å²) in [7, 11) is 0. The summed E-state index contributed by atoms with van der Waals surface area (Å²) in [6, 6.07) is 18.3. The number of ether oxygens (including phenoxy) is 1. The predicted octanol–water partition coefficient (Wildman–Crippen LogP) is 7.05. The smallest absolute Gasteiger partial charge is 0.282 e. The minimum absolute atomic E-state index is 0.0278. The maximum atomic E-state index is 13.1. The Morgan fingerprint density at radius 1 is 1.06 bits per heavy atom. The second kappa shape index (κ2) is 10.1. The minimum atomic E-state index is -0.206. The molecule has 0 aliphatic rings. The van der Waals surface area contributed by atoms with Crippen LogP contribution in [0, 0.1) is 0 Å². The molecular weight excluding hydrogens is 525 g/mol. The van der Waals surface area contributed by atoms with Crippen molar-refractivity contribution < 1.29 is 4.74 Å².